The molecule has 198 valence electrons. The van der Waals surface area contributed by atoms with Gasteiger partial charge in [0, 0.05) is 19.5 Å². The van der Waals surface area contributed by atoms with Crippen LogP contribution in [0.5, 0.6) is 5.75 Å². The van der Waals surface area contributed by atoms with Crippen LogP contribution in [0, 0.1) is 12.8 Å². The van der Waals surface area contributed by atoms with E-state index in [4.69, 9.17) is 4.74 Å². The Hall–Kier alpha value is -2.67. The summed E-state index contributed by atoms with van der Waals surface area (Å²) in [5.74, 6) is -0.765. The lowest BCUT2D eigenvalue weighted by Gasteiger charge is -2.38. The molecule has 2 aromatic carbocycles. The number of aryl methyl sites for hydroxylation is 1. The Labute approximate surface area is 213 Å². The highest BCUT2D eigenvalue weighted by atomic mass is 32.2. The number of carbonyl (C=O) groups excluding carboxylic acids is 1. The van der Waals surface area contributed by atoms with E-state index in [1.807, 2.05) is 13.8 Å². The molecule has 1 heterocycles. The van der Waals surface area contributed by atoms with Crippen LogP contribution in [0.25, 0.3) is 0 Å². The lowest BCUT2D eigenvalue weighted by atomic mass is 9.99. The van der Waals surface area contributed by atoms with Crippen LogP contribution in [0.2, 0.25) is 0 Å². The zero-order valence-electron chi connectivity index (χ0n) is 21.0. The fraction of sp³-hybridized carbons (Fsp3) is 0.458. The van der Waals surface area contributed by atoms with E-state index in [1.54, 1.807) is 19.1 Å². The molecular weight excluding hydrogens is 506 g/mol. The number of nitrogens with one attached hydrogen (secondary N) is 1. The zero-order valence-corrected chi connectivity index (χ0v) is 22.6. The highest BCUT2D eigenvalue weighted by Crippen LogP contribution is 2.36. The van der Waals surface area contributed by atoms with Crippen molar-refractivity contribution < 1.29 is 31.5 Å². The van der Waals surface area contributed by atoms with Crippen LogP contribution in [0.1, 0.15) is 29.8 Å². The van der Waals surface area contributed by atoms with Gasteiger partial charge in [-0.25, -0.2) is 21.1 Å². The van der Waals surface area contributed by atoms with Crippen molar-refractivity contribution in [3.8, 4) is 5.75 Å². The Morgan fingerprint density at radius 2 is 1.81 bits per heavy atom. The minimum atomic E-state index is -4.02. The number of fused-ring (bicyclic) bond motifs is 1. The van der Waals surface area contributed by atoms with Gasteiger partial charge in [-0.3, -0.25) is 9.52 Å². The van der Waals surface area contributed by atoms with E-state index in [-0.39, 0.29) is 47.5 Å². The Bertz CT molecular complexity index is 1310. The summed E-state index contributed by atoms with van der Waals surface area (Å²) in [6.45, 7) is 5.28. The third kappa shape index (κ3) is 6.17. The number of carbonyl (C=O) groups is 1. The van der Waals surface area contributed by atoms with Crippen molar-refractivity contribution in [2.24, 2.45) is 5.92 Å². The van der Waals surface area contributed by atoms with Crippen LogP contribution >= 0.6 is 0 Å². The summed E-state index contributed by atoms with van der Waals surface area (Å²) in [5.41, 5.74) is 1.06. The first-order valence-corrected chi connectivity index (χ1v) is 14.8. The van der Waals surface area contributed by atoms with Crippen LogP contribution < -0.4 is 9.46 Å². The van der Waals surface area contributed by atoms with Gasteiger partial charge < -0.3 is 14.7 Å². The molecule has 36 heavy (non-hydrogen) atoms. The monoisotopic (exact) mass is 539 g/mol. The molecule has 3 atom stereocenters. The number of likely N-dealkylation sites (N-methyl/N-ethyl adjacent to an activating group) is 1. The molecule has 10 nitrogen and oxygen atoms in total. The molecule has 0 saturated heterocycles. The molecular formula is C24H33N3O7S2. The van der Waals surface area contributed by atoms with Gasteiger partial charge in [-0.05, 0) is 38.1 Å². The number of amides is 1. The number of anilines is 1. The predicted octanol–water partition coefficient (Wildman–Crippen LogP) is 1.91. The highest BCUT2D eigenvalue weighted by molar-refractivity contribution is 7.92. The number of aliphatic hydroxyl groups excluding tert-OH is 1. The van der Waals surface area contributed by atoms with Gasteiger partial charge in [0.05, 0.1) is 41.6 Å². The van der Waals surface area contributed by atoms with E-state index in [2.05, 4.69) is 4.72 Å². The minimum absolute atomic E-state index is 0.00628. The second kappa shape index (κ2) is 10.8. The number of ether oxygens (including phenoxy) is 1. The topological polar surface area (TPSA) is 133 Å². The fourth-order valence-electron chi connectivity index (χ4n) is 3.85. The molecule has 0 radical (unpaired) electrons. The third-order valence-electron chi connectivity index (χ3n) is 6.27. The van der Waals surface area contributed by atoms with Gasteiger partial charge in [-0.1, -0.05) is 30.7 Å². The Kier molecular flexibility index (Phi) is 8.33. The molecule has 1 aliphatic rings. The average Bonchev–Trinajstić information content (AvgIpc) is 2.80. The largest absolute Gasteiger partial charge is 0.486 e. The normalized spacial score (nSPS) is 19.8. The average molecular weight is 540 g/mol. The number of hydrogen-bond acceptors (Lipinski definition) is 7. The molecule has 0 bridgehead atoms. The number of rotatable bonds is 8. The third-order valence-corrected chi connectivity index (χ3v) is 8.93. The Morgan fingerprint density at radius 3 is 2.39 bits per heavy atom. The maximum absolute atomic E-state index is 13.5. The summed E-state index contributed by atoms with van der Waals surface area (Å²) in [4.78, 5) is 15.0. The maximum Gasteiger partial charge on any atom is 0.262 e. The van der Waals surface area contributed by atoms with E-state index >= 15 is 0 Å². The Morgan fingerprint density at radius 1 is 1.17 bits per heavy atom. The van der Waals surface area contributed by atoms with Crippen molar-refractivity contribution in [2.75, 3.05) is 37.7 Å². The molecule has 0 aliphatic carbocycles. The summed E-state index contributed by atoms with van der Waals surface area (Å²) in [6.07, 6.45) is 0.370. The van der Waals surface area contributed by atoms with Gasteiger partial charge >= 0.3 is 0 Å². The molecule has 3 rings (SSSR count). The van der Waals surface area contributed by atoms with Crippen molar-refractivity contribution in [1.29, 1.82) is 0 Å². The molecule has 2 N–H and O–H groups in total. The SMILES string of the molecule is Cc1ccc(S(=O)(=O)Nc2cccc3c2O[C@@H](CN(C)S(C)(=O)=O)[C@@H](C)CN([C@H](C)CO)C3=O)cc1. The van der Waals surface area contributed by atoms with E-state index in [9.17, 15) is 26.7 Å². The molecule has 0 saturated carbocycles. The first-order valence-electron chi connectivity index (χ1n) is 11.5. The predicted molar refractivity (Wildman–Crippen MR) is 137 cm³/mol. The van der Waals surface area contributed by atoms with Gasteiger partial charge in [0.1, 0.15) is 6.10 Å². The summed E-state index contributed by atoms with van der Waals surface area (Å²) < 4.78 is 60.4. The van der Waals surface area contributed by atoms with Crippen molar-refractivity contribution >= 4 is 31.6 Å². The summed E-state index contributed by atoms with van der Waals surface area (Å²) >= 11 is 0. The number of nitrogens with zero attached hydrogens (tertiary/aromatic N) is 2. The summed E-state index contributed by atoms with van der Waals surface area (Å²) in [6, 6.07) is 10.3. The molecule has 0 spiro atoms. The Balaban J connectivity index is 2.11. The molecule has 0 fully saturated rings. The lowest BCUT2D eigenvalue weighted by Crippen LogP contribution is -2.50. The highest BCUT2D eigenvalue weighted by Gasteiger charge is 2.35. The number of sulfonamides is 2. The maximum atomic E-state index is 13.5. The van der Waals surface area contributed by atoms with Crippen molar-refractivity contribution in [3.63, 3.8) is 0 Å². The second-order valence-electron chi connectivity index (χ2n) is 9.27. The van der Waals surface area contributed by atoms with Crippen LogP contribution in [0.4, 0.5) is 5.69 Å². The van der Waals surface area contributed by atoms with Crippen LogP contribution in [-0.2, 0) is 20.0 Å². The molecule has 1 amide bonds. The fourth-order valence-corrected chi connectivity index (χ4v) is 5.33. The van der Waals surface area contributed by atoms with Crippen molar-refractivity contribution in [3.05, 3.63) is 53.6 Å². The number of hydrogen-bond donors (Lipinski definition) is 2. The summed E-state index contributed by atoms with van der Waals surface area (Å²) in [7, 11) is -6.11. The molecule has 1 aliphatic heterocycles. The molecule has 0 aromatic heterocycles. The first kappa shape index (κ1) is 27.9. The summed E-state index contributed by atoms with van der Waals surface area (Å²) in [5, 5.41) is 9.77. The van der Waals surface area contributed by atoms with E-state index in [0.29, 0.717) is 0 Å². The van der Waals surface area contributed by atoms with Gasteiger partial charge in [-0.2, -0.15) is 0 Å². The number of para-hydroxylation sites is 1. The standard InChI is InChI=1S/C24H33N3O7S2/c1-16-9-11-19(12-10-16)36(32,33)25-21-8-6-7-20-23(21)34-22(14-26(4)35(5,30)31)17(2)13-27(24(20)29)18(3)15-28/h6-12,17-18,22,25,28H,13-15H2,1-5H3/t17-,18+,22-/m0/s1. The lowest BCUT2D eigenvalue weighted by molar-refractivity contribution is 0.0389. The molecule has 2 aromatic rings. The van der Waals surface area contributed by atoms with Crippen LogP contribution in [-0.4, -0.2) is 82.2 Å². The van der Waals surface area contributed by atoms with E-state index in [0.717, 1.165) is 16.1 Å². The molecule has 12 heteroatoms. The van der Waals surface area contributed by atoms with Gasteiger partial charge in [-0.15, -0.1) is 0 Å². The van der Waals surface area contributed by atoms with E-state index < -0.39 is 38.1 Å². The quantitative estimate of drug-likeness (QED) is 0.523. The van der Waals surface area contributed by atoms with Gasteiger partial charge in [0.25, 0.3) is 15.9 Å². The van der Waals surface area contributed by atoms with Crippen molar-refractivity contribution in [2.45, 2.75) is 37.8 Å². The van der Waals surface area contributed by atoms with Crippen LogP contribution in [0.3, 0.4) is 0 Å². The number of benzene rings is 2. The van der Waals surface area contributed by atoms with Crippen LogP contribution in [0.15, 0.2) is 47.4 Å². The molecule has 0 unspecified atom stereocenters. The first-order chi connectivity index (χ1) is 16.7. The van der Waals surface area contributed by atoms with Crippen molar-refractivity contribution in [1.82, 2.24) is 9.21 Å². The van der Waals surface area contributed by atoms with Gasteiger partial charge in [0.2, 0.25) is 10.0 Å². The second-order valence-corrected chi connectivity index (χ2v) is 13.0. The zero-order chi connectivity index (χ0) is 26.8. The van der Waals surface area contributed by atoms with Gasteiger partial charge in [0.15, 0.2) is 5.75 Å². The minimum Gasteiger partial charge on any atom is -0.486 e. The number of aliphatic hydroxyl groups is 1. The van der Waals surface area contributed by atoms with E-state index in [1.165, 1.54) is 42.3 Å². The smallest absolute Gasteiger partial charge is 0.262 e.